The van der Waals surface area contributed by atoms with E-state index in [2.05, 4.69) is 13.8 Å². The van der Waals surface area contributed by atoms with Gasteiger partial charge in [-0.3, -0.25) is 4.79 Å². The van der Waals surface area contributed by atoms with E-state index >= 15 is 0 Å². The first kappa shape index (κ1) is 11.8. The zero-order valence-corrected chi connectivity index (χ0v) is 10.3. The summed E-state index contributed by atoms with van der Waals surface area (Å²) in [6.07, 6.45) is 4.45. The average molecular weight is 228 g/mol. The van der Waals surface area contributed by atoms with Crippen LogP contribution >= 0.6 is 23.1 Å². The summed E-state index contributed by atoms with van der Waals surface area (Å²) in [6.45, 7) is 4.31. The van der Waals surface area contributed by atoms with Crippen molar-refractivity contribution in [3.05, 3.63) is 16.5 Å². The highest BCUT2D eigenvalue weighted by molar-refractivity contribution is 8.01. The fourth-order valence-corrected chi connectivity index (χ4v) is 3.61. The number of thiophene rings is 1. The van der Waals surface area contributed by atoms with Gasteiger partial charge in [-0.1, -0.05) is 20.3 Å². The van der Waals surface area contributed by atoms with Crippen molar-refractivity contribution < 1.29 is 4.79 Å². The van der Waals surface area contributed by atoms with Crippen LogP contribution in [0.3, 0.4) is 0 Å². The molecule has 0 aliphatic heterocycles. The lowest BCUT2D eigenvalue weighted by Gasteiger charge is -1.96. The fraction of sp³-hybridized carbons (Fsp3) is 0.545. The molecule has 0 saturated carbocycles. The van der Waals surface area contributed by atoms with Crippen LogP contribution in [0.1, 0.15) is 41.9 Å². The monoisotopic (exact) mass is 228 g/mol. The van der Waals surface area contributed by atoms with Gasteiger partial charge in [0.2, 0.25) is 0 Å². The van der Waals surface area contributed by atoms with Crippen LogP contribution in [0.5, 0.6) is 0 Å². The van der Waals surface area contributed by atoms with Crippen LogP contribution in [0.4, 0.5) is 0 Å². The van der Waals surface area contributed by atoms with Gasteiger partial charge in [0.15, 0.2) is 6.29 Å². The standard InChI is InChI=1S/C11H16OS2/c1-3-5-6-13-11-9(8-12)7-10(4-2)14-11/h7-8H,3-6H2,1-2H3. The summed E-state index contributed by atoms with van der Waals surface area (Å²) >= 11 is 3.59. The Balaban J connectivity index is 2.63. The Morgan fingerprint density at radius 3 is 2.86 bits per heavy atom. The minimum absolute atomic E-state index is 0.882. The maximum Gasteiger partial charge on any atom is 0.152 e. The topological polar surface area (TPSA) is 17.1 Å². The van der Waals surface area contributed by atoms with Crippen molar-refractivity contribution >= 4 is 29.4 Å². The quantitative estimate of drug-likeness (QED) is 0.415. The lowest BCUT2D eigenvalue weighted by atomic mass is 10.3. The lowest BCUT2D eigenvalue weighted by molar-refractivity contribution is 0.112. The second-order valence-electron chi connectivity index (χ2n) is 3.13. The number of carbonyl (C=O) groups is 1. The molecule has 1 heterocycles. The van der Waals surface area contributed by atoms with E-state index in [1.807, 2.05) is 17.8 Å². The molecule has 0 N–H and O–H groups in total. The second kappa shape index (κ2) is 6.25. The van der Waals surface area contributed by atoms with Crippen LogP contribution in [0.25, 0.3) is 0 Å². The summed E-state index contributed by atoms with van der Waals surface area (Å²) in [6, 6.07) is 2.02. The van der Waals surface area contributed by atoms with E-state index in [0.29, 0.717) is 0 Å². The molecule has 0 atom stereocenters. The van der Waals surface area contributed by atoms with Gasteiger partial charge < -0.3 is 0 Å². The van der Waals surface area contributed by atoms with Gasteiger partial charge >= 0.3 is 0 Å². The van der Waals surface area contributed by atoms with E-state index in [-0.39, 0.29) is 0 Å². The molecule has 0 aliphatic rings. The maximum atomic E-state index is 10.8. The number of hydrogen-bond donors (Lipinski definition) is 0. The highest BCUT2D eigenvalue weighted by Crippen LogP contribution is 2.32. The first-order valence-electron chi connectivity index (χ1n) is 5.02. The van der Waals surface area contributed by atoms with Gasteiger partial charge in [-0.05, 0) is 24.7 Å². The van der Waals surface area contributed by atoms with Crippen molar-refractivity contribution in [2.45, 2.75) is 37.3 Å². The van der Waals surface area contributed by atoms with Crippen molar-refractivity contribution in [2.24, 2.45) is 0 Å². The minimum Gasteiger partial charge on any atom is -0.298 e. The number of carbonyl (C=O) groups excluding carboxylic acids is 1. The molecule has 0 spiro atoms. The Labute approximate surface area is 93.9 Å². The zero-order chi connectivity index (χ0) is 10.4. The van der Waals surface area contributed by atoms with Crippen LogP contribution in [0.15, 0.2) is 10.3 Å². The van der Waals surface area contributed by atoms with Crippen LogP contribution in [-0.4, -0.2) is 12.0 Å². The Morgan fingerprint density at radius 1 is 1.50 bits per heavy atom. The van der Waals surface area contributed by atoms with E-state index in [1.165, 1.54) is 21.9 Å². The molecular weight excluding hydrogens is 212 g/mol. The first-order chi connectivity index (χ1) is 6.81. The van der Waals surface area contributed by atoms with E-state index in [0.717, 1.165) is 24.0 Å². The number of thioether (sulfide) groups is 1. The van der Waals surface area contributed by atoms with E-state index < -0.39 is 0 Å². The second-order valence-corrected chi connectivity index (χ2v) is 5.63. The molecule has 78 valence electrons. The lowest BCUT2D eigenvalue weighted by Crippen LogP contribution is -1.79. The summed E-state index contributed by atoms with van der Waals surface area (Å²) in [7, 11) is 0. The summed E-state index contributed by atoms with van der Waals surface area (Å²) in [5.41, 5.74) is 0.882. The van der Waals surface area contributed by atoms with Crippen molar-refractivity contribution in [3.63, 3.8) is 0 Å². The maximum absolute atomic E-state index is 10.8. The molecule has 1 aromatic heterocycles. The smallest absolute Gasteiger partial charge is 0.152 e. The third kappa shape index (κ3) is 3.14. The minimum atomic E-state index is 0.882. The number of aldehydes is 1. The Bertz CT molecular complexity index is 291. The fourth-order valence-electron chi connectivity index (χ4n) is 1.12. The Kier molecular flexibility index (Phi) is 5.26. The van der Waals surface area contributed by atoms with E-state index in [9.17, 15) is 4.79 Å². The van der Waals surface area contributed by atoms with Crippen LogP contribution in [-0.2, 0) is 6.42 Å². The first-order valence-corrected chi connectivity index (χ1v) is 6.82. The number of rotatable bonds is 6. The Morgan fingerprint density at radius 2 is 2.29 bits per heavy atom. The Hall–Kier alpha value is -0.280. The third-order valence-corrected chi connectivity index (χ3v) is 4.67. The predicted molar refractivity (Wildman–Crippen MR) is 64.7 cm³/mol. The molecule has 1 aromatic rings. The average Bonchev–Trinajstić information content (AvgIpc) is 2.61. The van der Waals surface area contributed by atoms with Gasteiger partial charge in [-0.25, -0.2) is 0 Å². The van der Waals surface area contributed by atoms with Gasteiger partial charge in [-0.15, -0.1) is 23.1 Å². The van der Waals surface area contributed by atoms with Crippen molar-refractivity contribution in [1.29, 1.82) is 0 Å². The number of hydrogen-bond acceptors (Lipinski definition) is 3. The van der Waals surface area contributed by atoms with Gasteiger partial charge in [0.25, 0.3) is 0 Å². The van der Waals surface area contributed by atoms with Gasteiger partial charge in [0, 0.05) is 10.4 Å². The van der Waals surface area contributed by atoms with E-state index in [1.54, 1.807) is 11.3 Å². The summed E-state index contributed by atoms with van der Waals surface area (Å²) in [5.74, 6) is 1.13. The normalized spacial score (nSPS) is 10.4. The number of aryl methyl sites for hydroxylation is 1. The van der Waals surface area contributed by atoms with Crippen LogP contribution < -0.4 is 0 Å². The van der Waals surface area contributed by atoms with Crippen molar-refractivity contribution in [3.8, 4) is 0 Å². The van der Waals surface area contributed by atoms with E-state index in [4.69, 9.17) is 0 Å². The molecule has 0 amide bonds. The molecule has 0 radical (unpaired) electrons. The highest BCUT2D eigenvalue weighted by Gasteiger charge is 2.07. The molecule has 0 saturated heterocycles. The van der Waals surface area contributed by atoms with Crippen LogP contribution in [0, 0.1) is 0 Å². The molecule has 0 unspecified atom stereocenters. The SMILES string of the molecule is CCCCSc1sc(CC)cc1C=O. The largest absolute Gasteiger partial charge is 0.298 e. The molecule has 14 heavy (non-hydrogen) atoms. The summed E-state index contributed by atoms with van der Waals surface area (Å²) < 4.78 is 1.20. The zero-order valence-electron chi connectivity index (χ0n) is 8.71. The molecule has 3 heteroatoms. The predicted octanol–water partition coefficient (Wildman–Crippen LogP) is 4.02. The molecular formula is C11H16OS2. The highest BCUT2D eigenvalue weighted by atomic mass is 32.2. The van der Waals surface area contributed by atoms with Crippen molar-refractivity contribution in [1.82, 2.24) is 0 Å². The van der Waals surface area contributed by atoms with Gasteiger partial charge in [0.05, 0.1) is 4.21 Å². The van der Waals surface area contributed by atoms with Crippen molar-refractivity contribution in [2.75, 3.05) is 5.75 Å². The summed E-state index contributed by atoms with van der Waals surface area (Å²) in [4.78, 5) is 12.1. The molecule has 0 aromatic carbocycles. The number of unbranched alkanes of at least 4 members (excludes halogenated alkanes) is 1. The third-order valence-electron chi connectivity index (χ3n) is 1.98. The van der Waals surface area contributed by atoms with Crippen LogP contribution in [0.2, 0.25) is 0 Å². The molecule has 0 bridgehead atoms. The summed E-state index contributed by atoms with van der Waals surface area (Å²) in [5, 5.41) is 0. The molecule has 1 nitrogen and oxygen atoms in total. The van der Waals surface area contributed by atoms with Gasteiger partial charge in [-0.2, -0.15) is 0 Å². The van der Waals surface area contributed by atoms with Gasteiger partial charge in [0.1, 0.15) is 0 Å². The molecule has 1 rings (SSSR count). The molecule has 0 fully saturated rings. The molecule has 0 aliphatic carbocycles.